The fourth-order valence-corrected chi connectivity index (χ4v) is 3.34. The maximum atomic E-state index is 12.8. The fraction of sp³-hybridized carbons (Fsp3) is 0.0455. The first-order valence-electron chi connectivity index (χ1n) is 8.73. The van der Waals surface area contributed by atoms with Gasteiger partial charge >= 0.3 is 0 Å². The molecule has 0 saturated heterocycles. The third-order valence-electron chi connectivity index (χ3n) is 4.02. The molecular formula is C22H17N3O2S. The number of pyridine rings is 1. The highest BCUT2D eigenvalue weighted by Gasteiger charge is 2.15. The van der Waals surface area contributed by atoms with Gasteiger partial charge in [0.05, 0.1) is 11.3 Å². The maximum absolute atomic E-state index is 12.8. The number of anilines is 1. The zero-order valence-corrected chi connectivity index (χ0v) is 15.7. The zero-order valence-electron chi connectivity index (χ0n) is 14.9. The number of para-hydroxylation sites is 1. The van der Waals surface area contributed by atoms with E-state index in [9.17, 15) is 4.79 Å². The number of carbonyl (C=O) groups is 1. The van der Waals surface area contributed by atoms with Crippen molar-refractivity contribution < 1.29 is 9.53 Å². The molecule has 4 aromatic rings. The first-order valence-corrected chi connectivity index (χ1v) is 9.61. The summed E-state index contributed by atoms with van der Waals surface area (Å²) in [5.41, 5.74) is 3.01. The van der Waals surface area contributed by atoms with Gasteiger partial charge in [0.1, 0.15) is 18.1 Å². The molecule has 6 heteroatoms. The summed E-state index contributed by atoms with van der Waals surface area (Å²) in [5.74, 6) is 0.274. The summed E-state index contributed by atoms with van der Waals surface area (Å²) < 4.78 is 5.87. The fourth-order valence-electron chi connectivity index (χ4n) is 2.64. The standard InChI is InChI=1S/C22H17N3O2S/c26-21(25-22-24-19(15-28-22)18-11-6-7-13-23-18)17-10-4-5-12-20(17)27-14-16-8-2-1-3-9-16/h1-13,15H,14H2,(H,24,25,26). The van der Waals surface area contributed by atoms with E-state index < -0.39 is 0 Å². The van der Waals surface area contributed by atoms with Crippen LogP contribution in [0.25, 0.3) is 11.4 Å². The van der Waals surface area contributed by atoms with E-state index in [1.54, 1.807) is 18.3 Å². The van der Waals surface area contributed by atoms with Gasteiger partial charge in [-0.05, 0) is 29.8 Å². The van der Waals surface area contributed by atoms with E-state index in [0.717, 1.165) is 17.0 Å². The van der Waals surface area contributed by atoms with Gasteiger partial charge in [0.2, 0.25) is 0 Å². The van der Waals surface area contributed by atoms with Crippen LogP contribution in [0.2, 0.25) is 0 Å². The molecule has 2 aromatic heterocycles. The Labute approximate surface area is 166 Å². The summed E-state index contributed by atoms with van der Waals surface area (Å²) in [5, 5.41) is 5.24. The van der Waals surface area contributed by atoms with Crippen LogP contribution < -0.4 is 10.1 Å². The van der Waals surface area contributed by atoms with Crippen molar-refractivity contribution in [2.24, 2.45) is 0 Å². The number of nitrogens with zero attached hydrogens (tertiary/aromatic N) is 2. The minimum atomic E-state index is -0.259. The highest BCUT2D eigenvalue weighted by Crippen LogP contribution is 2.25. The van der Waals surface area contributed by atoms with Crippen molar-refractivity contribution in [3.8, 4) is 17.1 Å². The molecule has 0 aliphatic rings. The largest absolute Gasteiger partial charge is 0.488 e. The highest BCUT2D eigenvalue weighted by molar-refractivity contribution is 7.14. The van der Waals surface area contributed by atoms with E-state index in [2.05, 4.69) is 15.3 Å². The lowest BCUT2D eigenvalue weighted by atomic mass is 10.2. The van der Waals surface area contributed by atoms with Crippen LogP contribution in [0.3, 0.4) is 0 Å². The Morgan fingerprint density at radius 1 is 0.929 bits per heavy atom. The highest BCUT2D eigenvalue weighted by atomic mass is 32.1. The zero-order chi connectivity index (χ0) is 19.2. The SMILES string of the molecule is O=C(Nc1nc(-c2ccccn2)cs1)c1ccccc1OCc1ccccc1. The second kappa shape index (κ2) is 8.45. The number of aromatic nitrogens is 2. The molecule has 5 nitrogen and oxygen atoms in total. The summed E-state index contributed by atoms with van der Waals surface area (Å²) in [4.78, 5) is 21.5. The molecule has 1 N–H and O–H groups in total. The Hall–Kier alpha value is -3.51. The van der Waals surface area contributed by atoms with Gasteiger partial charge in [-0.25, -0.2) is 4.98 Å². The molecule has 4 rings (SSSR count). The van der Waals surface area contributed by atoms with Crippen molar-refractivity contribution in [2.45, 2.75) is 6.61 Å². The van der Waals surface area contributed by atoms with Crippen molar-refractivity contribution >= 4 is 22.4 Å². The van der Waals surface area contributed by atoms with Crippen molar-refractivity contribution in [3.05, 3.63) is 95.5 Å². The van der Waals surface area contributed by atoms with Crippen LogP contribution in [0.15, 0.2) is 84.4 Å². The molecule has 0 bridgehead atoms. The molecule has 0 aliphatic carbocycles. The Morgan fingerprint density at radius 3 is 2.54 bits per heavy atom. The monoisotopic (exact) mass is 387 g/mol. The van der Waals surface area contributed by atoms with Gasteiger partial charge in [0, 0.05) is 11.6 Å². The summed E-state index contributed by atoms with van der Waals surface area (Å²) in [6.45, 7) is 0.395. The third kappa shape index (κ3) is 4.24. The summed E-state index contributed by atoms with van der Waals surface area (Å²) in [6, 6.07) is 22.7. The van der Waals surface area contributed by atoms with Crippen LogP contribution >= 0.6 is 11.3 Å². The Kier molecular flexibility index (Phi) is 5.40. The lowest BCUT2D eigenvalue weighted by Crippen LogP contribution is -2.13. The molecule has 0 saturated carbocycles. The van der Waals surface area contributed by atoms with Crippen molar-refractivity contribution in [3.63, 3.8) is 0 Å². The minimum Gasteiger partial charge on any atom is -0.488 e. The van der Waals surface area contributed by atoms with E-state index >= 15 is 0 Å². The van der Waals surface area contributed by atoms with Gasteiger partial charge in [-0.15, -0.1) is 11.3 Å². The Balaban J connectivity index is 1.47. The molecule has 28 heavy (non-hydrogen) atoms. The predicted octanol–water partition coefficient (Wildman–Crippen LogP) is 5.04. The van der Waals surface area contributed by atoms with Crippen molar-refractivity contribution in [2.75, 3.05) is 5.32 Å². The number of nitrogens with one attached hydrogen (secondary N) is 1. The first kappa shape index (κ1) is 17.9. The van der Waals surface area contributed by atoms with E-state index in [1.807, 2.05) is 66.0 Å². The number of rotatable bonds is 6. The number of hydrogen-bond acceptors (Lipinski definition) is 5. The summed E-state index contributed by atoms with van der Waals surface area (Å²) >= 11 is 1.36. The van der Waals surface area contributed by atoms with Crippen LogP contribution in [-0.4, -0.2) is 15.9 Å². The topological polar surface area (TPSA) is 64.1 Å². The number of amides is 1. The molecule has 0 radical (unpaired) electrons. The molecule has 0 fully saturated rings. The molecule has 138 valence electrons. The van der Waals surface area contributed by atoms with Gasteiger partial charge in [-0.3, -0.25) is 15.1 Å². The van der Waals surface area contributed by atoms with Crippen LogP contribution in [-0.2, 0) is 6.61 Å². The van der Waals surface area contributed by atoms with Gasteiger partial charge in [0.25, 0.3) is 5.91 Å². The normalized spacial score (nSPS) is 10.4. The second-order valence-corrected chi connectivity index (χ2v) is 6.84. The molecule has 0 spiro atoms. The van der Waals surface area contributed by atoms with Crippen LogP contribution in [0.5, 0.6) is 5.75 Å². The number of thiazole rings is 1. The van der Waals surface area contributed by atoms with Gasteiger partial charge < -0.3 is 4.74 Å². The van der Waals surface area contributed by atoms with E-state index in [-0.39, 0.29) is 5.91 Å². The number of carbonyl (C=O) groups excluding carboxylic acids is 1. The molecule has 2 aromatic carbocycles. The lowest BCUT2D eigenvalue weighted by Gasteiger charge is -2.11. The predicted molar refractivity (Wildman–Crippen MR) is 111 cm³/mol. The summed E-state index contributed by atoms with van der Waals surface area (Å²) in [7, 11) is 0. The van der Waals surface area contributed by atoms with Crippen LogP contribution in [0, 0.1) is 0 Å². The lowest BCUT2D eigenvalue weighted by molar-refractivity contribution is 0.102. The molecule has 0 aliphatic heterocycles. The molecule has 1 amide bonds. The Bertz CT molecular complexity index is 1070. The second-order valence-electron chi connectivity index (χ2n) is 5.98. The first-order chi connectivity index (χ1) is 13.8. The van der Waals surface area contributed by atoms with E-state index in [4.69, 9.17) is 4.74 Å². The Morgan fingerprint density at radius 2 is 1.71 bits per heavy atom. The number of hydrogen-bond donors (Lipinski definition) is 1. The molecular weight excluding hydrogens is 370 g/mol. The number of benzene rings is 2. The van der Waals surface area contributed by atoms with Crippen molar-refractivity contribution in [1.82, 2.24) is 9.97 Å². The summed E-state index contributed by atoms with van der Waals surface area (Å²) in [6.07, 6.45) is 1.72. The van der Waals surface area contributed by atoms with E-state index in [0.29, 0.717) is 23.1 Å². The smallest absolute Gasteiger partial charge is 0.261 e. The maximum Gasteiger partial charge on any atom is 0.261 e. The van der Waals surface area contributed by atoms with Gasteiger partial charge in [0.15, 0.2) is 5.13 Å². The van der Waals surface area contributed by atoms with E-state index in [1.165, 1.54) is 11.3 Å². The minimum absolute atomic E-state index is 0.259. The van der Waals surface area contributed by atoms with Crippen LogP contribution in [0.4, 0.5) is 5.13 Å². The van der Waals surface area contributed by atoms with Crippen LogP contribution in [0.1, 0.15) is 15.9 Å². The van der Waals surface area contributed by atoms with Gasteiger partial charge in [-0.1, -0.05) is 48.5 Å². The average molecular weight is 387 g/mol. The van der Waals surface area contributed by atoms with Gasteiger partial charge in [-0.2, -0.15) is 0 Å². The molecule has 0 atom stereocenters. The molecule has 0 unspecified atom stereocenters. The molecule has 2 heterocycles. The third-order valence-corrected chi connectivity index (χ3v) is 4.78. The average Bonchev–Trinajstić information content (AvgIpc) is 3.22. The number of ether oxygens (including phenoxy) is 1. The quantitative estimate of drug-likeness (QED) is 0.504. The van der Waals surface area contributed by atoms with Crippen molar-refractivity contribution in [1.29, 1.82) is 0 Å².